The molecule has 0 saturated carbocycles. The summed E-state index contributed by atoms with van der Waals surface area (Å²) in [5.41, 5.74) is -0.579. The molecule has 1 aliphatic rings. The van der Waals surface area contributed by atoms with Crippen LogP contribution >= 0.6 is 0 Å². The van der Waals surface area contributed by atoms with Crippen LogP contribution in [0.1, 0.15) is 52.4 Å². The zero-order valence-corrected chi connectivity index (χ0v) is 12.8. The fourth-order valence-electron chi connectivity index (χ4n) is 2.74. The van der Waals surface area contributed by atoms with Gasteiger partial charge in [-0.1, -0.05) is 26.2 Å². The first kappa shape index (κ1) is 16.4. The molecule has 0 bridgehead atoms. The minimum Gasteiger partial charge on any atom is -0.468 e. The van der Waals surface area contributed by atoms with Gasteiger partial charge in [0.15, 0.2) is 0 Å². The molecule has 0 spiro atoms. The Morgan fingerprint density at radius 3 is 2.32 bits per heavy atom. The number of hydrogen-bond acceptors (Lipinski definition) is 4. The lowest BCUT2D eigenvalue weighted by Gasteiger charge is -2.35. The van der Waals surface area contributed by atoms with E-state index in [4.69, 9.17) is 4.74 Å². The summed E-state index contributed by atoms with van der Waals surface area (Å²) in [6.45, 7) is 7.87. The van der Waals surface area contributed by atoms with Gasteiger partial charge in [0.2, 0.25) is 0 Å². The third kappa shape index (κ3) is 5.49. The molecule has 1 atom stereocenters. The minimum absolute atomic E-state index is 0.150. The number of esters is 1. The fourth-order valence-corrected chi connectivity index (χ4v) is 2.74. The lowest BCUT2D eigenvalue weighted by atomic mass is 9.99. The van der Waals surface area contributed by atoms with E-state index in [0.29, 0.717) is 0 Å². The van der Waals surface area contributed by atoms with Crippen molar-refractivity contribution in [2.45, 2.75) is 57.9 Å². The summed E-state index contributed by atoms with van der Waals surface area (Å²) in [6.07, 6.45) is 7.49. The van der Waals surface area contributed by atoms with Crippen LogP contribution < -0.4 is 5.32 Å². The van der Waals surface area contributed by atoms with Crippen molar-refractivity contribution < 1.29 is 9.53 Å². The molecule has 1 N–H and O–H groups in total. The number of carbonyl (C=O) groups excluding carboxylic acids is 1. The van der Waals surface area contributed by atoms with Crippen LogP contribution in [0.25, 0.3) is 0 Å². The van der Waals surface area contributed by atoms with Gasteiger partial charge in [0.25, 0.3) is 0 Å². The standard InChI is InChI=1S/C15H30N2O2/c1-4-10-16-15(2,14(18)19-3)13-17-11-8-6-5-7-9-12-17/h16H,4-13H2,1-3H3. The molecule has 0 amide bonds. The molecule has 1 unspecified atom stereocenters. The first-order chi connectivity index (χ1) is 9.12. The van der Waals surface area contributed by atoms with Crippen LogP contribution in [-0.4, -0.2) is 49.7 Å². The maximum absolute atomic E-state index is 12.1. The number of nitrogens with one attached hydrogen (secondary N) is 1. The molecular weight excluding hydrogens is 240 g/mol. The number of likely N-dealkylation sites (tertiary alicyclic amines) is 1. The summed E-state index contributed by atoms with van der Waals surface area (Å²) in [7, 11) is 1.47. The van der Waals surface area contributed by atoms with Gasteiger partial charge in [-0.05, 0) is 45.8 Å². The Labute approximate surface area is 117 Å². The summed E-state index contributed by atoms with van der Waals surface area (Å²) >= 11 is 0. The van der Waals surface area contributed by atoms with E-state index >= 15 is 0 Å². The Morgan fingerprint density at radius 2 is 1.79 bits per heavy atom. The van der Waals surface area contributed by atoms with E-state index in [1.54, 1.807) is 0 Å². The van der Waals surface area contributed by atoms with Crippen molar-refractivity contribution in [1.29, 1.82) is 0 Å². The summed E-state index contributed by atoms with van der Waals surface area (Å²) < 4.78 is 4.98. The van der Waals surface area contributed by atoms with Crippen LogP contribution in [0.4, 0.5) is 0 Å². The maximum Gasteiger partial charge on any atom is 0.327 e. The molecule has 1 fully saturated rings. The molecule has 1 aliphatic heterocycles. The topological polar surface area (TPSA) is 41.6 Å². The third-order valence-corrected chi connectivity index (χ3v) is 3.89. The molecule has 0 aromatic rings. The predicted molar refractivity (Wildman–Crippen MR) is 78.2 cm³/mol. The van der Waals surface area contributed by atoms with Crippen LogP contribution in [-0.2, 0) is 9.53 Å². The van der Waals surface area contributed by atoms with E-state index in [9.17, 15) is 4.79 Å². The average molecular weight is 270 g/mol. The van der Waals surface area contributed by atoms with E-state index in [1.807, 2.05) is 6.92 Å². The lowest BCUT2D eigenvalue weighted by molar-refractivity contribution is -0.148. The molecule has 19 heavy (non-hydrogen) atoms. The number of rotatable bonds is 6. The summed E-state index contributed by atoms with van der Waals surface area (Å²) in [4.78, 5) is 14.5. The first-order valence-electron chi connectivity index (χ1n) is 7.68. The average Bonchev–Trinajstić information content (AvgIpc) is 2.38. The van der Waals surface area contributed by atoms with Crippen LogP contribution in [0, 0.1) is 0 Å². The molecule has 4 heteroatoms. The highest BCUT2D eigenvalue weighted by Crippen LogP contribution is 2.15. The normalized spacial score (nSPS) is 21.2. The molecule has 1 rings (SSSR count). The van der Waals surface area contributed by atoms with Crippen molar-refractivity contribution in [2.24, 2.45) is 0 Å². The summed E-state index contributed by atoms with van der Waals surface area (Å²) in [6, 6.07) is 0. The van der Waals surface area contributed by atoms with E-state index < -0.39 is 5.54 Å². The monoisotopic (exact) mass is 270 g/mol. The predicted octanol–water partition coefficient (Wildman–Crippen LogP) is 2.18. The Hall–Kier alpha value is -0.610. The van der Waals surface area contributed by atoms with Crippen molar-refractivity contribution >= 4 is 5.97 Å². The Bertz CT molecular complexity index is 263. The quantitative estimate of drug-likeness (QED) is 0.751. The largest absolute Gasteiger partial charge is 0.468 e. The van der Waals surface area contributed by atoms with Crippen LogP contribution in [0.5, 0.6) is 0 Å². The summed E-state index contributed by atoms with van der Waals surface area (Å²) in [5, 5.41) is 3.36. The molecular formula is C15H30N2O2. The van der Waals surface area contributed by atoms with Crippen molar-refractivity contribution in [3.05, 3.63) is 0 Å². The van der Waals surface area contributed by atoms with Gasteiger partial charge in [0, 0.05) is 6.54 Å². The number of methoxy groups -OCH3 is 1. The first-order valence-corrected chi connectivity index (χ1v) is 7.68. The zero-order chi connectivity index (χ0) is 14.1. The summed E-state index contributed by atoms with van der Waals surface area (Å²) in [5.74, 6) is -0.150. The van der Waals surface area contributed by atoms with Gasteiger partial charge >= 0.3 is 5.97 Å². The molecule has 0 radical (unpaired) electrons. The minimum atomic E-state index is -0.579. The highest BCUT2D eigenvalue weighted by Gasteiger charge is 2.35. The van der Waals surface area contributed by atoms with Crippen molar-refractivity contribution in [3.8, 4) is 0 Å². The van der Waals surface area contributed by atoms with Crippen LogP contribution in [0.3, 0.4) is 0 Å². The molecule has 0 aromatic heterocycles. The number of carbonyl (C=O) groups is 1. The van der Waals surface area contributed by atoms with Crippen LogP contribution in [0.15, 0.2) is 0 Å². The van der Waals surface area contributed by atoms with Gasteiger partial charge in [-0.25, -0.2) is 0 Å². The smallest absolute Gasteiger partial charge is 0.327 e. The second kappa shape index (κ2) is 8.54. The Balaban J connectivity index is 2.60. The van der Waals surface area contributed by atoms with Gasteiger partial charge in [-0.3, -0.25) is 4.79 Å². The van der Waals surface area contributed by atoms with E-state index in [-0.39, 0.29) is 5.97 Å². The number of nitrogens with zero attached hydrogens (tertiary/aromatic N) is 1. The van der Waals surface area contributed by atoms with Crippen molar-refractivity contribution in [2.75, 3.05) is 33.3 Å². The highest BCUT2D eigenvalue weighted by molar-refractivity contribution is 5.80. The van der Waals surface area contributed by atoms with Gasteiger partial charge in [0.1, 0.15) is 5.54 Å². The van der Waals surface area contributed by atoms with Crippen molar-refractivity contribution in [3.63, 3.8) is 0 Å². The second-order valence-electron chi connectivity index (χ2n) is 5.79. The maximum atomic E-state index is 12.1. The molecule has 0 aliphatic carbocycles. The molecule has 1 saturated heterocycles. The lowest BCUT2D eigenvalue weighted by Crippen LogP contribution is -2.57. The molecule has 112 valence electrons. The van der Waals surface area contributed by atoms with Crippen LogP contribution in [0.2, 0.25) is 0 Å². The van der Waals surface area contributed by atoms with E-state index in [1.165, 1.54) is 39.2 Å². The van der Waals surface area contributed by atoms with E-state index in [0.717, 1.165) is 32.6 Å². The van der Waals surface area contributed by atoms with Gasteiger partial charge in [0.05, 0.1) is 7.11 Å². The zero-order valence-electron chi connectivity index (χ0n) is 12.8. The van der Waals surface area contributed by atoms with E-state index in [2.05, 4.69) is 17.1 Å². The SMILES string of the molecule is CCCNC(C)(CN1CCCCCCC1)C(=O)OC. The third-order valence-electron chi connectivity index (χ3n) is 3.89. The van der Waals surface area contributed by atoms with Gasteiger partial charge in [-0.2, -0.15) is 0 Å². The molecule has 0 aromatic carbocycles. The highest BCUT2D eigenvalue weighted by atomic mass is 16.5. The van der Waals surface area contributed by atoms with Gasteiger partial charge in [-0.15, -0.1) is 0 Å². The molecule has 1 heterocycles. The molecule has 4 nitrogen and oxygen atoms in total. The number of hydrogen-bond donors (Lipinski definition) is 1. The van der Waals surface area contributed by atoms with Gasteiger partial charge < -0.3 is 15.0 Å². The fraction of sp³-hybridized carbons (Fsp3) is 0.933. The van der Waals surface area contributed by atoms with Crippen molar-refractivity contribution in [1.82, 2.24) is 10.2 Å². The number of ether oxygens (including phenoxy) is 1. The second-order valence-corrected chi connectivity index (χ2v) is 5.79. The Kier molecular flexibility index (Phi) is 7.39. The Morgan fingerprint density at radius 1 is 1.21 bits per heavy atom.